The number of carbonyl (C=O) groups is 1. The van der Waals surface area contributed by atoms with Gasteiger partial charge in [-0.05, 0) is 16.3 Å². The molecule has 1 aliphatic carbocycles. The van der Waals surface area contributed by atoms with Gasteiger partial charge in [0.05, 0.1) is 11.3 Å². The molecule has 1 unspecified atom stereocenters. The van der Waals surface area contributed by atoms with E-state index in [4.69, 9.17) is 0 Å². The molecular formula is C24H19N5O5. The molecule has 0 saturated carbocycles. The van der Waals surface area contributed by atoms with E-state index in [0.717, 1.165) is 14.5 Å². The third-order valence-corrected chi connectivity index (χ3v) is 7.14. The molecule has 2 aliphatic rings. The first-order chi connectivity index (χ1) is 16.1. The minimum Gasteiger partial charge on any atom is -0.350 e. The lowest BCUT2D eigenvalue weighted by Gasteiger charge is -2.38. The van der Waals surface area contributed by atoms with Crippen LogP contribution in [0.2, 0.25) is 0 Å². The van der Waals surface area contributed by atoms with E-state index in [1.54, 1.807) is 24.3 Å². The van der Waals surface area contributed by atoms with E-state index >= 15 is 0 Å². The number of nitrogens with one attached hydrogen (secondary N) is 1. The van der Waals surface area contributed by atoms with Crippen molar-refractivity contribution in [2.24, 2.45) is 28.2 Å². The topological polar surface area (TPSA) is 117 Å². The monoisotopic (exact) mass is 457 g/mol. The first-order valence-electron chi connectivity index (χ1n) is 10.6. The molecule has 0 amide bonds. The largest absolute Gasteiger partial charge is 0.350 e. The van der Waals surface area contributed by atoms with E-state index in [-0.39, 0.29) is 22.6 Å². The van der Waals surface area contributed by atoms with Gasteiger partial charge in [0.1, 0.15) is 11.4 Å². The van der Waals surface area contributed by atoms with E-state index in [9.17, 15) is 24.0 Å². The highest BCUT2D eigenvalue weighted by molar-refractivity contribution is 6.23. The van der Waals surface area contributed by atoms with Gasteiger partial charge >= 0.3 is 11.4 Å². The molecule has 4 aromatic rings. The van der Waals surface area contributed by atoms with Gasteiger partial charge in [-0.15, -0.1) is 0 Å². The summed E-state index contributed by atoms with van der Waals surface area (Å²) in [4.78, 5) is 66.9. The Morgan fingerprint density at radius 1 is 0.735 bits per heavy atom. The molecule has 1 atom stereocenters. The standard InChI is InChI=1S/C24H19N5O5/c1-26-17-15-19(27(2)23(34)28(3)20(15)31)25-24(16(17)21(32)29(4)22(26)33)13-10-6-8-11-7-5-9-12(14(11)13)18(24)30/h5-10,25H,1-4H3. The number of Topliss-reactive ketones (excluding diaryl/α,β-unsaturated/α-hetero) is 1. The van der Waals surface area contributed by atoms with E-state index < -0.39 is 33.8 Å². The van der Waals surface area contributed by atoms with Gasteiger partial charge in [0.2, 0.25) is 0 Å². The second kappa shape index (κ2) is 6.10. The normalized spacial score (nSPS) is 17.7. The van der Waals surface area contributed by atoms with Crippen molar-refractivity contribution in [1.82, 2.24) is 18.3 Å². The zero-order valence-corrected chi connectivity index (χ0v) is 18.8. The van der Waals surface area contributed by atoms with Gasteiger partial charge in [-0.1, -0.05) is 36.4 Å². The van der Waals surface area contributed by atoms with E-state index in [1.807, 2.05) is 12.1 Å². The van der Waals surface area contributed by atoms with Crippen LogP contribution < -0.4 is 27.8 Å². The van der Waals surface area contributed by atoms with Crippen LogP contribution in [0.5, 0.6) is 0 Å². The van der Waals surface area contributed by atoms with Crippen molar-refractivity contribution < 1.29 is 4.79 Å². The lowest BCUT2D eigenvalue weighted by atomic mass is 9.78. The molecule has 1 spiro atoms. The number of aromatic nitrogens is 4. The number of hydrogen-bond acceptors (Lipinski definition) is 6. The van der Waals surface area contributed by atoms with Crippen LogP contribution in [0.25, 0.3) is 22.0 Å². The molecule has 170 valence electrons. The maximum atomic E-state index is 14.2. The van der Waals surface area contributed by atoms with Crippen molar-refractivity contribution >= 4 is 22.4 Å². The van der Waals surface area contributed by atoms with Crippen molar-refractivity contribution in [2.45, 2.75) is 5.54 Å². The number of carbonyl (C=O) groups excluding carboxylic acids is 1. The summed E-state index contributed by atoms with van der Waals surface area (Å²) in [5.41, 5.74) is -3.41. The number of benzene rings is 2. The average molecular weight is 457 g/mol. The summed E-state index contributed by atoms with van der Waals surface area (Å²) in [5, 5.41) is 4.64. The van der Waals surface area contributed by atoms with Gasteiger partial charge in [-0.25, -0.2) is 9.59 Å². The van der Waals surface area contributed by atoms with Gasteiger partial charge in [0.15, 0.2) is 11.3 Å². The predicted molar refractivity (Wildman–Crippen MR) is 126 cm³/mol. The van der Waals surface area contributed by atoms with Gasteiger partial charge < -0.3 is 5.32 Å². The molecule has 0 saturated heterocycles. The number of rotatable bonds is 0. The Balaban J connectivity index is 1.93. The Hall–Kier alpha value is -4.47. The zero-order valence-electron chi connectivity index (χ0n) is 18.8. The summed E-state index contributed by atoms with van der Waals surface area (Å²) >= 11 is 0. The predicted octanol–water partition coefficient (Wildman–Crippen LogP) is 0.167. The molecule has 2 aromatic heterocycles. The maximum Gasteiger partial charge on any atom is 0.332 e. The quantitative estimate of drug-likeness (QED) is 0.402. The first kappa shape index (κ1) is 20.2. The first-order valence-corrected chi connectivity index (χ1v) is 10.6. The fourth-order valence-electron chi connectivity index (χ4n) is 5.46. The molecule has 0 fully saturated rings. The smallest absolute Gasteiger partial charge is 0.332 e. The molecular weight excluding hydrogens is 438 g/mol. The maximum absolute atomic E-state index is 14.2. The summed E-state index contributed by atoms with van der Waals surface area (Å²) in [5.74, 6) is -0.322. The van der Waals surface area contributed by atoms with Crippen LogP contribution in [0.15, 0.2) is 55.6 Å². The van der Waals surface area contributed by atoms with Crippen molar-refractivity contribution in [3.05, 3.63) is 94.8 Å². The molecule has 0 bridgehead atoms. The molecule has 6 rings (SSSR count). The fraction of sp³-hybridized carbons (Fsp3) is 0.208. The lowest BCUT2D eigenvalue weighted by Crippen LogP contribution is -2.55. The summed E-state index contributed by atoms with van der Waals surface area (Å²) in [6, 6.07) is 10.7. The van der Waals surface area contributed by atoms with Crippen LogP contribution in [0, 0.1) is 0 Å². The second-order valence-electron chi connectivity index (χ2n) is 8.77. The van der Waals surface area contributed by atoms with Crippen molar-refractivity contribution in [2.75, 3.05) is 5.32 Å². The van der Waals surface area contributed by atoms with Gasteiger partial charge in [0.25, 0.3) is 11.1 Å². The van der Waals surface area contributed by atoms with Crippen LogP contribution in [-0.4, -0.2) is 24.1 Å². The summed E-state index contributed by atoms with van der Waals surface area (Å²) in [6.07, 6.45) is 0. The minimum absolute atomic E-state index is 0.0153. The van der Waals surface area contributed by atoms with Crippen LogP contribution in [-0.2, 0) is 33.7 Å². The second-order valence-corrected chi connectivity index (χ2v) is 8.77. The summed E-state index contributed by atoms with van der Waals surface area (Å²) < 4.78 is 4.26. The average Bonchev–Trinajstić information content (AvgIpc) is 3.08. The Labute approximate surface area is 190 Å². The fourth-order valence-corrected chi connectivity index (χ4v) is 5.46. The zero-order chi connectivity index (χ0) is 24.3. The molecule has 34 heavy (non-hydrogen) atoms. The third-order valence-electron chi connectivity index (χ3n) is 7.14. The number of anilines is 1. The molecule has 10 nitrogen and oxygen atoms in total. The minimum atomic E-state index is -1.72. The number of hydrogen-bond donors (Lipinski definition) is 1. The highest BCUT2D eigenvalue weighted by Crippen LogP contribution is 2.50. The molecule has 1 aliphatic heterocycles. The van der Waals surface area contributed by atoms with Crippen LogP contribution in [0.4, 0.5) is 5.82 Å². The van der Waals surface area contributed by atoms with Crippen molar-refractivity contribution in [1.29, 1.82) is 0 Å². The van der Waals surface area contributed by atoms with E-state index in [0.29, 0.717) is 16.5 Å². The third kappa shape index (κ3) is 2.00. The Morgan fingerprint density at radius 2 is 1.35 bits per heavy atom. The van der Waals surface area contributed by atoms with Crippen LogP contribution >= 0.6 is 0 Å². The van der Waals surface area contributed by atoms with Crippen LogP contribution in [0.3, 0.4) is 0 Å². The molecule has 0 radical (unpaired) electrons. The van der Waals surface area contributed by atoms with E-state index in [1.165, 1.54) is 37.3 Å². The van der Waals surface area contributed by atoms with Crippen LogP contribution in [0.1, 0.15) is 21.5 Å². The molecule has 2 aromatic carbocycles. The lowest BCUT2D eigenvalue weighted by molar-refractivity contribution is 0.0936. The Morgan fingerprint density at radius 3 is 2.06 bits per heavy atom. The Bertz CT molecular complexity index is 1880. The molecule has 10 heteroatoms. The van der Waals surface area contributed by atoms with Crippen molar-refractivity contribution in [3.8, 4) is 11.3 Å². The van der Waals surface area contributed by atoms with Gasteiger partial charge in [-0.3, -0.25) is 32.7 Å². The summed E-state index contributed by atoms with van der Waals surface area (Å²) in [6.45, 7) is 0. The number of fused-ring (bicyclic) bond motifs is 5. The molecule has 3 heterocycles. The van der Waals surface area contributed by atoms with Crippen molar-refractivity contribution in [3.63, 3.8) is 0 Å². The van der Waals surface area contributed by atoms with E-state index in [2.05, 4.69) is 5.32 Å². The van der Waals surface area contributed by atoms with Gasteiger partial charge in [0, 0.05) is 33.8 Å². The SMILES string of the molecule is Cn1c2c(c(=O)n(C)c1=O)-c1c(c(=O)n(C)c(=O)n1C)C1(N2)C(=O)c2cccc3cccc1c23. The highest BCUT2D eigenvalue weighted by Gasteiger charge is 2.55. The van der Waals surface area contributed by atoms with Gasteiger partial charge in [-0.2, -0.15) is 0 Å². The summed E-state index contributed by atoms with van der Waals surface area (Å²) in [7, 11) is 5.57. The molecule has 1 N–H and O–H groups in total. The Kier molecular flexibility index (Phi) is 3.62. The number of ketones is 1. The number of nitrogens with zero attached hydrogens (tertiary/aromatic N) is 4. The highest BCUT2D eigenvalue weighted by atomic mass is 16.2.